The Bertz CT molecular complexity index is 610. The van der Waals surface area contributed by atoms with Gasteiger partial charge in [-0.1, -0.05) is 31.2 Å². The Hall–Kier alpha value is -2.07. The lowest BCUT2D eigenvalue weighted by Gasteiger charge is -2.08. The Balaban J connectivity index is 1.94. The number of benzene rings is 2. The fraction of sp³-hybridized carbons (Fsp3) is 0.353. The number of hydrogen-bond donors (Lipinski definition) is 2. The lowest BCUT2D eigenvalue weighted by molar-refractivity contribution is 0.0939. The molecule has 0 unspecified atom stereocenters. The van der Waals surface area contributed by atoms with Crippen molar-refractivity contribution in [3.63, 3.8) is 0 Å². The van der Waals surface area contributed by atoms with Crippen molar-refractivity contribution in [3.8, 4) is 5.75 Å². The summed E-state index contributed by atoms with van der Waals surface area (Å²) in [5, 5.41) is 14.6. The van der Waals surface area contributed by atoms with E-state index < -0.39 is 0 Å². The number of carbonyl (C=O) groups excluding carboxylic acids is 1. The van der Waals surface area contributed by atoms with E-state index in [4.69, 9.17) is 4.74 Å². The molecule has 2 N–H and O–H groups in total. The fourth-order valence-corrected chi connectivity index (χ4v) is 2.13. The van der Waals surface area contributed by atoms with Gasteiger partial charge in [0.05, 0.1) is 5.56 Å². The van der Waals surface area contributed by atoms with Crippen molar-refractivity contribution in [2.24, 2.45) is 0 Å². The minimum Gasteiger partial charge on any atom is -0.507 e. The minimum atomic E-state index is -0.256. The zero-order chi connectivity index (χ0) is 15.1. The molecule has 4 nitrogen and oxygen atoms in total. The molecule has 1 amide bonds. The van der Waals surface area contributed by atoms with E-state index in [0.29, 0.717) is 18.7 Å². The van der Waals surface area contributed by atoms with Crippen LogP contribution in [-0.4, -0.2) is 30.8 Å². The number of fused-ring (bicyclic) bond motifs is 1. The molecule has 0 bridgehead atoms. The zero-order valence-corrected chi connectivity index (χ0v) is 12.3. The van der Waals surface area contributed by atoms with Crippen molar-refractivity contribution in [2.75, 3.05) is 19.8 Å². The summed E-state index contributed by atoms with van der Waals surface area (Å²) < 4.78 is 5.35. The summed E-state index contributed by atoms with van der Waals surface area (Å²) in [5.74, 6) is -0.248. The van der Waals surface area contributed by atoms with Crippen molar-refractivity contribution in [1.82, 2.24) is 5.32 Å². The van der Waals surface area contributed by atoms with E-state index in [1.54, 1.807) is 12.1 Å². The Morgan fingerprint density at radius 1 is 1.19 bits per heavy atom. The van der Waals surface area contributed by atoms with Crippen molar-refractivity contribution in [2.45, 2.75) is 19.8 Å². The molecule has 0 atom stereocenters. The third-order valence-corrected chi connectivity index (χ3v) is 3.21. The lowest BCUT2D eigenvalue weighted by atomic mass is 10.1. The molecule has 0 saturated carbocycles. The van der Waals surface area contributed by atoms with Crippen LogP contribution in [0, 0.1) is 0 Å². The Morgan fingerprint density at radius 2 is 1.90 bits per heavy atom. The summed E-state index contributed by atoms with van der Waals surface area (Å²) in [7, 11) is 0. The summed E-state index contributed by atoms with van der Waals surface area (Å²) in [6, 6.07) is 11.0. The first-order valence-corrected chi connectivity index (χ1v) is 7.30. The molecule has 0 aromatic heterocycles. The molecular weight excluding hydrogens is 266 g/mol. The number of nitrogens with one attached hydrogen (secondary N) is 1. The molecule has 0 fully saturated rings. The predicted molar refractivity (Wildman–Crippen MR) is 83.7 cm³/mol. The van der Waals surface area contributed by atoms with E-state index >= 15 is 0 Å². The number of ether oxygens (including phenoxy) is 1. The van der Waals surface area contributed by atoms with E-state index in [-0.39, 0.29) is 11.7 Å². The summed E-state index contributed by atoms with van der Waals surface area (Å²) >= 11 is 0. The van der Waals surface area contributed by atoms with Crippen molar-refractivity contribution >= 4 is 16.7 Å². The minimum absolute atomic E-state index is 0.00781. The van der Waals surface area contributed by atoms with Gasteiger partial charge in [0, 0.05) is 19.8 Å². The highest BCUT2D eigenvalue weighted by molar-refractivity contribution is 6.01. The largest absolute Gasteiger partial charge is 0.507 e. The third kappa shape index (κ3) is 4.20. The van der Waals surface area contributed by atoms with Gasteiger partial charge in [-0.15, -0.1) is 0 Å². The number of aromatic hydroxyl groups is 1. The molecule has 0 spiro atoms. The highest BCUT2D eigenvalue weighted by Crippen LogP contribution is 2.24. The molecule has 0 aliphatic carbocycles. The van der Waals surface area contributed by atoms with Crippen LogP contribution in [0.15, 0.2) is 36.4 Å². The van der Waals surface area contributed by atoms with Gasteiger partial charge in [-0.2, -0.15) is 0 Å². The maximum Gasteiger partial charge on any atom is 0.255 e. The van der Waals surface area contributed by atoms with Crippen LogP contribution in [-0.2, 0) is 4.74 Å². The van der Waals surface area contributed by atoms with Crippen LogP contribution in [0.5, 0.6) is 5.75 Å². The fourth-order valence-electron chi connectivity index (χ4n) is 2.13. The van der Waals surface area contributed by atoms with Gasteiger partial charge in [0.1, 0.15) is 5.75 Å². The van der Waals surface area contributed by atoms with E-state index in [1.165, 1.54) is 0 Å². The molecule has 21 heavy (non-hydrogen) atoms. The second kappa shape index (κ2) is 7.64. The summed E-state index contributed by atoms with van der Waals surface area (Å²) in [4.78, 5) is 12.1. The van der Waals surface area contributed by atoms with Gasteiger partial charge < -0.3 is 15.2 Å². The molecule has 2 rings (SSSR count). The Labute approximate surface area is 124 Å². The average Bonchev–Trinajstić information content (AvgIpc) is 2.49. The standard InChI is InChI=1S/C17H21NO3/c1-2-9-21-10-5-8-18-17(20)15-11-13-6-3-4-7-14(13)12-16(15)19/h3-4,6-7,11-12,19H,2,5,8-10H2,1H3,(H,18,20). The van der Waals surface area contributed by atoms with E-state index in [9.17, 15) is 9.90 Å². The zero-order valence-electron chi connectivity index (χ0n) is 12.3. The lowest BCUT2D eigenvalue weighted by Crippen LogP contribution is -2.25. The Morgan fingerprint density at radius 3 is 2.62 bits per heavy atom. The summed E-state index contributed by atoms with van der Waals surface area (Å²) in [6.07, 6.45) is 1.76. The van der Waals surface area contributed by atoms with Crippen LogP contribution in [0.25, 0.3) is 10.8 Å². The molecule has 2 aromatic rings. The quantitative estimate of drug-likeness (QED) is 0.769. The summed E-state index contributed by atoms with van der Waals surface area (Å²) in [6.45, 7) is 3.98. The number of carbonyl (C=O) groups is 1. The molecule has 0 aliphatic rings. The number of phenolic OH excluding ortho intramolecular Hbond substituents is 1. The van der Waals surface area contributed by atoms with E-state index in [2.05, 4.69) is 12.2 Å². The van der Waals surface area contributed by atoms with Crippen molar-refractivity contribution in [1.29, 1.82) is 0 Å². The van der Waals surface area contributed by atoms with E-state index in [0.717, 1.165) is 30.2 Å². The smallest absolute Gasteiger partial charge is 0.255 e. The highest BCUT2D eigenvalue weighted by Gasteiger charge is 2.11. The molecule has 0 saturated heterocycles. The van der Waals surface area contributed by atoms with Crippen LogP contribution in [0.1, 0.15) is 30.1 Å². The number of hydrogen-bond acceptors (Lipinski definition) is 3. The topological polar surface area (TPSA) is 58.6 Å². The maximum absolute atomic E-state index is 12.1. The second-order valence-electron chi connectivity index (χ2n) is 4.94. The van der Waals surface area contributed by atoms with E-state index in [1.807, 2.05) is 24.3 Å². The first-order valence-electron chi connectivity index (χ1n) is 7.30. The average molecular weight is 287 g/mol. The number of phenols is 1. The van der Waals surface area contributed by atoms with Crippen molar-refractivity contribution in [3.05, 3.63) is 42.0 Å². The van der Waals surface area contributed by atoms with Crippen LogP contribution >= 0.6 is 0 Å². The van der Waals surface area contributed by atoms with Crippen LogP contribution in [0.3, 0.4) is 0 Å². The van der Waals surface area contributed by atoms with Gasteiger partial charge in [0.2, 0.25) is 0 Å². The normalized spacial score (nSPS) is 10.7. The van der Waals surface area contributed by atoms with Gasteiger partial charge in [0.25, 0.3) is 5.91 Å². The van der Waals surface area contributed by atoms with Crippen LogP contribution in [0.4, 0.5) is 0 Å². The second-order valence-corrected chi connectivity index (χ2v) is 4.94. The van der Waals surface area contributed by atoms with Gasteiger partial charge in [-0.05, 0) is 35.7 Å². The molecule has 2 aromatic carbocycles. The first-order chi connectivity index (χ1) is 10.2. The Kier molecular flexibility index (Phi) is 5.58. The molecule has 112 valence electrons. The van der Waals surface area contributed by atoms with Gasteiger partial charge in [0.15, 0.2) is 0 Å². The van der Waals surface area contributed by atoms with Crippen LogP contribution < -0.4 is 5.32 Å². The molecular formula is C17H21NO3. The third-order valence-electron chi connectivity index (χ3n) is 3.21. The van der Waals surface area contributed by atoms with Gasteiger partial charge >= 0.3 is 0 Å². The van der Waals surface area contributed by atoms with Gasteiger partial charge in [-0.25, -0.2) is 0 Å². The molecule has 0 heterocycles. The summed E-state index contributed by atoms with van der Waals surface area (Å²) in [5.41, 5.74) is 0.308. The van der Waals surface area contributed by atoms with Crippen LogP contribution in [0.2, 0.25) is 0 Å². The number of rotatable bonds is 7. The monoisotopic (exact) mass is 287 g/mol. The highest BCUT2D eigenvalue weighted by atomic mass is 16.5. The molecule has 0 radical (unpaired) electrons. The first kappa shape index (κ1) is 15.3. The number of amides is 1. The predicted octanol–water partition coefficient (Wildman–Crippen LogP) is 3.09. The molecule has 0 aliphatic heterocycles. The molecule has 4 heteroatoms. The maximum atomic E-state index is 12.1. The van der Waals surface area contributed by atoms with Gasteiger partial charge in [-0.3, -0.25) is 4.79 Å². The van der Waals surface area contributed by atoms with Crippen molar-refractivity contribution < 1.29 is 14.6 Å². The SMILES string of the molecule is CCCOCCCNC(=O)c1cc2ccccc2cc1O.